The minimum absolute atomic E-state index is 0.0880. The van der Waals surface area contributed by atoms with Gasteiger partial charge in [-0.3, -0.25) is 4.79 Å². The van der Waals surface area contributed by atoms with Crippen LogP contribution in [0.1, 0.15) is 28.1 Å². The summed E-state index contributed by atoms with van der Waals surface area (Å²) in [5, 5.41) is 12.9. The Bertz CT molecular complexity index is 1640. The van der Waals surface area contributed by atoms with Crippen molar-refractivity contribution in [3.63, 3.8) is 0 Å². The van der Waals surface area contributed by atoms with Gasteiger partial charge in [-0.05, 0) is 48.6 Å². The number of aliphatic carboxylic acids is 1. The van der Waals surface area contributed by atoms with Gasteiger partial charge in [-0.2, -0.15) is 26.3 Å². The van der Waals surface area contributed by atoms with Gasteiger partial charge in [0.2, 0.25) is 5.91 Å². The number of hydrogen-bond donors (Lipinski definition) is 3. The normalized spacial score (nSPS) is 20.8. The SMILES string of the molecule is O=C(O)C(F)(F)F.[2H]C([2H])([2H])N1C(=O)C2(CC(CNC(=O)OC)C2)c2cc(Nc3ccc4cccc(C(F)(F)F)c4n3)ncc21. The average Bonchev–Trinajstić information content (AvgIpc) is 3.17. The molecule has 16 heteroatoms. The van der Waals surface area contributed by atoms with Crippen molar-refractivity contribution in [2.75, 3.05) is 30.8 Å². The topological polar surface area (TPSA) is 134 Å². The number of halogens is 6. The quantitative estimate of drug-likeness (QED) is 0.355. The second-order valence-electron chi connectivity index (χ2n) is 9.46. The Morgan fingerprint density at radius 2 is 1.86 bits per heavy atom. The standard InChI is InChI=1S/C24H22F3N5O3.C2HF3O2/c1-32-17-12-28-19(8-16(17)23(21(32)33)9-13(10-23)11-29-22(34)35-2)30-18-7-6-14-4-3-5-15(20(14)31-18)24(25,26)27;3-2(4,5)1(6)7/h3-8,12-13H,9-11H2,1-2H3,(H,29,34)(H,28,30,31);(H,6,7)/i1D3;. The van der Waals surface area contributed by atoms with E-state index in [0.717, 1.165) is 11.0 Å². The number of hydrogen-bond acceptors (Lipinski definition) is 7. The lowest BCUT2D eigenvalue weighted by molar-refractivity contribution is -0.192. The summed E-state index contributed by atoms with van der Waals surface area (Å²) in [6, 6.07) is 8.32. The number of fused-ring (bicyclic) bond motifs is 3. The highest BCUT2D eigenvalue weighted by Gasteiger charge is 2.57. The Balaban J connectivity index is 0.000000591. The van der Waals surface area contributed by atoms with Crippen LogP contribution >= 0.6 is 0 Å². The number of rotatable bonds is 4. The van der Waals surface area contributed by atoms with Crippen LogP contribution in [-0.4, -0.2) is 59.9 Å². The predicted octanol–water partition coefficient (Wildman–Crippen LogP) is 5.01. The molecule has 1 aliphatic heterocycles. The summed E-state index contributed by atoms with van der Waals surface area (Å²) >= 11 is 0. The van der Waals surface area contributed by atoms with E-state index in [4.69, 9.17) is 14.0 Å². The Morgan fingerprint density at radius 3 is 2.45 bits per heavy atom. The molecule has 3 N–H and O–H groups in total. The number of alkyl carbamates (subject to hydrolysis) is 1. The number of carbonyl (C=O) groups excluding carboxylic acids is 2. The third-order valence-corrected chi connectivity index (χ3v) is 6.77. The third kappa shape index (κ3) is 5.87. The van der Waals surface area contributed by atoms with Gasteiger partial charge in [0.25, 0.3) is 0 Å². The number of para-hydroxylation sites is 1. The molecule has 1 aromatic carbocycles. The van der Waals surface area contributed by atoms with Crippen molar-refractivity contribution in [1.29, 1.82) is 0 Å². The van der Waals surface area contributed by atoms with Gasteiger partial charge in [-0.15, -0.1) is 0 Å². The van der Waals surface area contributed by atoms with Crippen LogP contribution in [-0.2, 0) is 25.9 Å². The van der Waals surface area contributed by atoms with Crippen LogP contribution in [0.15, 0.2) is 42.6 Å². The second-order valence-corrected chi connectivity index (χ2v) is 9.46. The molecule has 1 aliphatic carbocycles. The second kappa shape index (κ2) is 11.0. The first-order valence-corrected chi connectivity index (χ1v) is 12.0. The molecule has 2 aliphatic rings. The molecule has 2 aromatic heterocycles. The highest BCUT2D eigenvalue weighted by molar-refractivity contribution is 6.08. The first-order chi connectivity index (χ1) is 20.8. The zero-order valence-electron chi connectivity index (χ0n) is 24.4. The molecule has 0 bridgehead atoms. The number of carbonyl (C=O) groups is 3. The molecule has 0 saturated heterocycles. The molecule has 0 atom stereocenters. The fraction of sp³-hybridized carbons (Fsp3) is 0.346. The molecule has 1 fully saturated rings. The number of aromatic nitrogens is 2. The van der Waals surface area contributed by atoms with Crippen LogP contribution in [0, 0.1) is 5.92 Å². The summed E-state index contributed by atoms with van der Waals surface area (Å²) < 4.78 is 100. The van der Waals surface area contributed by atoms with Gasteiger partial charge in [-0.25, -0.2) is 19.6 Å². The van der Waals surface area contributed by atoms with E-state index in [2.05, 4.69) is 25.3 Å². The van der Waals surface area contributed by atoms with E-state index >= 15 is 0 Å². The van der Waals surface area contributed by atoms with E-state index in [9.17, 15) is 35.9 Å². The maximum absolute atomic E-state index is 13.5. The van der Waals surface area contributed by atoms with Gasteiger partial charge < -0.3 is 25.4 Å². The number of methoxy groups -OCH3 is 1. The summed E-state index contributed by atoms with van der Waals surface area (Å²) in [5.41, 5.74) is -1.63. The number of carboxylic acid groups (broad SMARTS) is 1. The van der Waals surface area contributed by atoms with E-state index in [-0.39, 0.29) is 35.3 Å². The molecule has 3 heterocycles. The van der Waals surface area contributed by atoms with E-state index in [1.54, 1.807) is 0 Å². The summed E-state index contributed by atoms with van der Waals surface area (Å²) in [7, 11) is 1.23. The number of ether oxygens (including phenoxy) is 1. The van der Waals surface area contributed by atoms with Gasteiger partial charge in [0.1, 0.15) is 11.6 Å². The average molecular weight is 603 g/mol. The van der Waals surface area contributed by atoms with Crippen LogP contribution in [0.5, 0.6) is 0 Å². The molecule has 3 aromatic rings. The third-order valence-electron chi connectivity index (χ3n) is 6.77. The Labute approximate surface area is 237 Å². The van der Waals surface area contributed by atoms with Gasteiger partial charge in [0.15, 0.2) is 0 Å². The number of nitrogens with zero attached hydrogens (tertiary/aromatic N) is 3. The number of alkyl halides is 6. The number of carboxylic acids is 1. The molecule has 10 nitrogen and oxygen atoms in total. The number of likely N-dealkylation sites (N-methyl/N-ethyl adjacent to an activating group) is 1. The van der Waals surface area contributed by atoms with Crippen LogP contribution < -0.4 is 15.5 Å². The van der Waals surface area contributed by atoms with Crippen molar-refractivity contribution in [2.45, 2.75) is 30.6 Å². The number of amides is 2. The minimum atomic E-state index is -5.08. The molecule has 0 unspecified atom stereocenters. The molecule has 42 heavy (non-hydrogen) atoms. The van der Waals surface area contributed by atoms with Crippen LogP contribution in [0.25, 0.3) is 10.9 Å². The van der Waals surface area contributed by atoms with E-state index < -0.39 is 48.3 Å². The minimum Gasteiger partial charge on any atom is -0.475 e. The summed E-state index contributed by atoms with van der Waals surface area (Å²) in [5.74, 6) is -3.14. The summed E-state index contributed by atoms with van der Waals surface area (Å²) in [6.45, 7) is -2.49. The molecule has 2 amide bonds. The van der Waals surface area contributed by atoms with Crippen LogP contribution in [0.3, 0.4) is 0 Å². The molecule has 1 spiro atoms. The Hall–Kier alpha value is -4.63. The van der Waals surface area contributed by atoms with E-state index in [0.29, 0.717) is 23.8 Å². The largest absolute Gasteiger partial charge is 0.490 e. The predicted molar refractivity (Wildman–Crippen MR) is 136 cm³/mol. The van der Waals surface area contributed by atoms with Crippen molar-refractivity contribution in [3.8, 4) is 0 Å². The highest BCUT2D eigenvalue weighted by Crippen LogP contribution is 2.55. The lowest BCUT2D eigenvalue weighted by Crippen LogP contribution is -2.51. The monoisotopic (exact) mass is 602 g/mol. The van der Waals surface area contributed by atoms with E-state index in [1.807, 2.05) is 0 Å². The van der Waals surface area contributed by atoms with Gasteiger partial charge >= 0.3 is 24.4 Å². The lowest BCUT2D eigenvalue weighted by Gasteiger charge is -2.44. The van der Waals surface area contributed by atoms with Crippen molar-refractivity contribution in [3.05, 3.63) is 53.7 Å². The molecular weight excluding hydrogens is 576 g/mol. The zero-order valence-corrected chi connectivity index (χ0v) is 21.4. The molecule has 224 valence electrons. The van der Waals surface area contributed by atoms with Gasteiger partial charge in [0, 0.05) is 23.0 Å². The maximum Gasteiger partial charge on any atom is 0.490 e. The number of pyridine rings is 2. The van der Waals surface area contributed by atoms with Crippen LogP contribution in [0.2, 0.25) is 0 Å². The fourth-order valence-corrected chi connectivity index (χ4v) is 4.86. The van der Waals surface area contributed by atoms with Gasteiger partial charge in [0.05, 0.1) is 35.5 Å². The Kier molecular flexibility index (Phi) is 6.87. The van der Waals surface area contributed by atoms with Crippen molar-refractivity contribution in [1.82, 2.24) is 15.3 Å². The fourth-order valence-electron chi connectivity index (χ4n) is 4.86. The van der Waals surface area contributed by atoms with Crippen molar-refractivity contribution < 1.29 is 54.7 Å². The van der Waals surface area contributed by atoms with E-state index in [1.165, 1.54) is 43.6 Å². The zero-order chi connectivity index (χ0) is 33.5. The van der Waals surface area contributed by atoms with Gasteiger partial charge in [-0.1, -0.05) is 12.1 Å². The Morgan fingerprint density at radius 1 is 1.17 bits per heavy atom. The highest BCUT2D eigenvalue weighted by atomic mass is 19.4. The van der Waals surface area contributed by atoms with Crippen molar-refractivity contribution >= 4 is 46.2 Å². The smallest absolute Gasteiger partial charge is 0.475 e. The van der Waals surface area contributed by atoms with Crippen molar-refractivity contribution in [2.24, 2.45) is 5.92 Å². The first-order valence-electron chi connectivity index (χ1n) is 13.5. The van der Waals surface area contributed by atoms with Crippen LogP contribution in [0.4, 0.5) is 48.5 Å². The molecule has 0 radical (unpaired) electrons. The first kappa shape index (κ1) is 26.3. The summed E-state index contributed by atoms with van der Waals surface area (Å²) in [6.07, 6.45) is -8.44. The number of anilines is 3. The molecule has 5 rings (SSSR count). The lowest BCUT2D eigenvalue weighted by atomic mass is 9.59. The molecule has 1 saturated carbocycles. The maximum atomic E-state index is 13.5. The number of nitrogens with one attached hydrogen (secondary N) is 2. The summed E-state index contributed by atoms with van der Waals surface area (Å²) in [4.78, 5) is 42.8. The molecular formula is C26H23F6N5O5. The number of benzene rings is 1.